The van der Waals surface area contributed by atoms with Crippen LogP contribution in [-0.2, 0) is 0 Å². The SMILES string of the molecule is Cc1nc(C(=O)O)cc(-c2ccccc2)n1. The lowest BCUT2D eigenvalue weighted by Crippen LogP contribution is -2.04. The van der Waals surface area contributed by atoms with Crippen LogP contribution in [0.25, 0.3) is 11.3 Å². The van der Waals surface area contributed by atoms with E-state index in [4.69, 9.17) is 5.11 Å². The first-order chi connectivity index (χ1) is 7.66. The summed E-state index contributed by atoms with van der Waals surface area (Å²) in [6.07, 6.45) is 0. The lowest BCUT2D eigenvalue weighted by Gasteiger charge is -2.03. The minimum Gasteiger partial charge on any atom is -0.477 e. The van der Waals surface area contributed by atoms with Crippen molar-refractivity contribution in [3.05, 3.63) is 47.9 Å². The molecule has 0 fully saturated rings. The fraction of sp³-hybridized carbons (Fsp3) is 0.0833. The highest BCUT2D eigenvalue weighted by Crippen LogP contribution is 2.17. The molecule has 0 spiro atoms. The van der Waals surface area contributed by atoms with Gasteiger partial charge in [0.05, 0.1) is 5.69 Å². The van der Waals surface area contributed by atoms with Crippen LogP contribution in [-0.4, -0.2) is 21.0 Å². The van der Waals surface area contributed by atoms with Crippen LogP contribution in [0.4, 0.5) is 0 Å². The summed E-state index contributed by atoms with van der Waals surface area (Å²) in [5.74, 6) is -0.582. The van der Waals surface area contributed by atoms with Gasteiger partial charge in [0.1, 0.15) is 5.82 Å². The number of aryl methyl sites for hydroxylation is 1. The van der Waals surface area contributed by atoms with Gasteiger partial charge in [-0.1, -0.05) is 30.3 Å². The molecule has 2 aromatic rings. The van der Waals surface area contributed by atoms with Gasteiger partial charge < -0.3 is 5.11 Å². The fourth-order valence-electron chi connectivity index (χ4n) is 1.43. The molecule has 0 saturated carbocycles. The van der Waals surface area contributed by atoms with E-state index in [9.17, 15) is 4.79 Å². The van der Waals surface area contributed by atoms with Crippen molar-refractivity contribution in [3.8, 4) is 11.3 Å². The number of carboxylic acid groups (broad SMARTS) is 1. The van der Waals surface area contributed by atoms with Crippen LogP contribution in [0.15, 0.2) is 36.4 Å². The molecular weight excluding hydrogens is 204 g/mol. The van der Waals surface area contributed by atoms with Crippen molar-refractivity contribution in [3.63, 3.8) is 0 Å². The number of aromatic nitrogens is 2. The standard InChI is InChI=1S/C12H10N2O2/c1-8-13-10(7-11(14-8)12(15)16)9-5-3-2-4-6-9/h2-7H,1H3,(H,15,16). The van der Waals surface area contributed by atoms with Crippen LogP contribution in [0, 0.1) is 6.92 Å². The van der Waals surface area contributed by atoms with E-state index in [2.05, 4.69) is 9.97 Å². The van der Waals surface area contributed by atoms with E-state index in [-0.39, 0.29) is 5.69 Å². The van der Waals surface area contributed by atoms with Crippen LogP contribution in [0.2, 0.25) is 0 Å². The molecule has 2 rings (SSSR count). The minimum absolute atomic E-state index is 0.0198. The Kier molecular flexibility index (Phi) is 2.64. The van der Waals surface area contributed by atoms with Gasteiger partial charge in [0.25, 0.3) is 0 Å². The minimum atomic E-state index is -1.04. The molecule has 0 aliphatic rings. The zero-order valence-corrected chi connectivity index (χ0v) is 8.71. The summed E-state index contributed by atoms with van der Waals surface area (Å²) >= 11 is 0. The van der Waals surface area contributed by atoms with E-state index >= 15 is 0 Å². The van der Waals surface area contributed by atoms with E-state index in [0.29, 0.717) is 11.5 Å². The first-order valence-electron chi connectivity index (χ1n) is 4.81. The largest absolute Gasteiger partial charge is 0.477 e. The zero-order chi connectivity index (χ0) is 11.5. The number of benzene rings is 1. The third-order valence-corrected chi connectivity index (χ3v) is 2.13. The molecule has 16 heavy (non-hydrogen) atoms. The van der Waals surface area contributed by atoms with Gasteiger partial charge in [0.15, 0.2) is 5.69 Å². The van der Waals surface area contributed by atoms with Gasteiger partial charge >= 0.3 is 5.97 Å². The summed E-state index contributed by atoms with van der Waals surface area (Å²) in [7, 11) is 0. The van der Waals surface area contributed by atoms with Crippen LogP contribution >= 0.6 is 0 Å². The molecule has 1 aromatic heterocycles. The molecule has 0 amide bonds. The summed E-state index contributed by atoms with van der Waals surface area (Å²) in [6, 6.07) is 10.9. The zero-order valence-electron chi connectivity index (χ0n) is 8.71. The predicted octanol–water partition coefficient (Wildman–Crippen LogP) is 2.15. The highest BCUT2D eigenvalue weighted by atomic mass is 16.4. The Morgan fingerprint density at radius 3 is 2.50 bits per heavy atom. The summed E-state index contributed by atoms with van der Waals surface area (Å²) in [5, 5.41) is 8.89. The van der Waals surface area contributed by atoms with E-state index in [1.165, 1.54) is 6.07 Å². The molecule has 0 atom stereocenters. The normalized spacial score (nSPS) is 10.1. The van der Waals surface area contributed by atoms with Crippen molar-refractivity contribution in [1.29, 1.82) is 0 Å². The van der Waals surface area contributed by atoms with E-state index in [0.717, 1.165) is 5.56 Å². The van der Waals surface area contributed by atoms with Crippen LogP contribution < -0.4 is 0 Å². The second kappa shape index (κ2) is 4.10. The molecule has 0 aliphatic carbocycles. The van der Waals surface area contributed by atoms with Crippen molar-refractivity contribution in [2.45, 2.75) is 6.92 Å². The highest BCUT2D eigenvalue weighted by Gasteiger charge is 2.09. The smallest absolute Gasteiger partial charge is 0.354 e. The maximum Gasteiger partial charge on any atom is 0.354 e. The highest BCUT2D eigenvalue weighted by molar-refractivity contribution is 5.86. The van der Waals surface area contributed by atoms with E-state index in [1.807, 2.05) is 30.3 Å². The summed E-state index contributed by atoms with van der Waals surface area (Å²) < 4.78 is 0. The van der Waals surface area contributed by atoms with Crippen LogP contribution in [0.5, 0.6) is 0 Å². The van der Waals surface area contributed by atoms with Crippen molar-refractivity contribution in [2.75, 3.05) is 0 Å². The Balaban J connectivity index is 2.54. The summed E-state index contributed by atoms with van der Waals surface area (Å²) in [5.41, 5.74) is 1.53. The molecule has 80 valence electrons. The molecule has 0 saturated heterocycles. The Hall–Kier alpha value is -2.23. The summed E-state index contributed by atoms with van der Waals surface area (Å²) in [6.45, 7) is 1.68. The number of nitrogens with zero attached hydrogens (tertiary/aromatic N) is 2. The van der Waals surface area contributed by atoms with Gasteiger partial charge in [-0.3, -0.25) is 0 Å². The van der Waals surface area contributed by atoms with Crippen molar-refractivity contribution in [2.24, 2.45) is 0 Å². The number of hydrogen-bond donors (Lipinski definition) is 1. The topological polar surface area (TPSA) is 63.1 Å². The average molecular weight is 214 g/mol. The maximum atomic E-state index is 10.8. The molecular formula is C12H10N2O2. The molecule has 0 bridgehead atoms. The maximum absolute atomic E-state index is 10.8. The second-order valence-corrected chi connectivity index (χ2v) is 3.36. The first-order valence-corrected chi connectivity index (χ1v) is 4.81. The number of carboxylic acids is 1. The van der Waals surface area contributed by atoms with Crippen molar-refractivity contribution >= 4 is 5.97 Å². The quantitative estimate of drug-likeness (QED) is 0.831. The van der Waals surface area contributed by atoms with E-state index < -0.39 is 5.97 Å². The number of rotatable bonds is 2. The second-order valence-electron chi connectivity index (χ2n) is 3.36. The van der Waals surface area contributed by atoms with Gasteiger partial charge in [-0.2, -0.15) is 0 Å². The van der Waals surface area contributed by atoms with Gasteiger partial charge in [-0.15, -0.1) is 0 Å². The number of hydrogen-bond acceptors (Lipinski definition) is 3. The van der Waals surface area contributed by atoms with Gasteiger partial charge in [-0.05, 0) is 13.0 Å². The molecule has 4 nitrogen and oxygen atoms in total. The molecule has 0 unspecified atom stereocenters. The molecule has 1 N–H and O–H groups in total. The summed E-state index contributed by atoms with van der Waals surface area (Å²) in [4.78, 5) is 18.9. The van der Waals surface area contributed by atoms with Crippen molar-refractivity contribution < 1.29 is 9.90 Å². The molecule has 1 heterocycles. The third-order valence-electron chi connectivity index (χ3n) is 2.13. The van der Waals surface area contributed by atoms with E-state index in [1.54, 1.807) is 6.92 Å². The number of aromatic carboxylic acids is 1. The molecule has 4 heteroatoms. The molecule has 0 aliphatic heterocycles. The third kappa shape index (κ3) is 2.06. The average Bonchev–Trinajstić information content (AvgIpc) is 2.29. The van der Waals surface area contributed by atoms with Crippen LogP contribution in [0.1, 0.15) is 16.3 Å². The Bertz CT molecular complexity index is 524. The Morgan fingerprint density at radius 2 is 1.88 bits per heavy atom. The van der Waals surface area contributed by atoms with Crippen molar-refractivity contribution in [1.82, 2.24) is 9.97 Å². The van der Waals surface area contributed by atoms with Gasteiger partial charge in [0, 0.05) is 5.56 Å². The van der Waals surface area contributed by atoms with Gasteiger partial charge in [-0.25, -0.2) is 14.8 Å². The first kappa shape index (κ1) is 10.3. The monoisotopic (exact) mass is 214 g/mol. The number of carbonyl (C=O) groups is 1. The lowest BCUT2D eigenvalue weighted by atomic mass is 10.1. The predicted molar refractivity (Wildman–Crippen MR) is 59.2 cm³/mol. The Morgan fingerprint density at radius 1 is 1.19 bits per heavy atom. The molecule has 1 aromatic carbocycles. The Labute approximate surface area is 92.6 Å². The van der Waals surface area contributed by atoms with Gasteiger partial charge in [0.2, 0.25) is 0 Å². The van der Waals surface area contributed by atoms with Crippen LogP contribution in [0.3, 0.4) is 0 Å². The lowest BCUT2D eigenvalue weighted by molar-refractivity contribution is 0.0690. The molecule has 0 radical (unpaired) electrons. The fourth-order valence-corrected chi connectivity index (χ4v) is 1.43.